The van der Waals surface area contributed by atoms with Crippen LogP contribution in [0.15, 0.2) is 0 Å². The van der Waals surface area contributed by atoms with Crippen LogP contribution in [-0.2, 0) is 0 Å². The first kappa shape index (κ1) is 8.97. The van der Waals surface area contributed by atoms with E-state index in [0.29, 0.717) is 12.1 Å². The van der Waals surface area contributed by atoms with Crippen LogP contribution < -0.4 is 11.1 Å². The molecule has 66 valence electrons. The maximum absolute atomic E-state index is 5.58. The molecule has 0 aromatic carbocycles. The number of nitrogens with zero attached hydrogens (tertiary/aromatic N) is 1. The predicted molar refractivity (Wildman–Crippen MR) is 47.6 cm³/mol. The van der Waals surface area contributed by atoms with Gasteiger partial charge in [-0.3, -0.25) is 4.90 Å². The van der Waals surface area contributed by atoms with E-state index in [1.807, 2.05) is 0 Å². The van der Waals surface area contributed by atoms with Gasteiger partial charge in [-0.05, 0) is 13.8 Å². The molecule has 0 radical (unpaired) electrons. The first-order valence-corrected chi connectivity index (χ1v) is 4.41. The van der Waals surface area contributed by atoms with Gasteiger partial charge in [0.1, 0.15) is 0 Å². The summed E-state index contributed by atoms with van der Waals surface area (Å²) in [6.45, 7) is 8.57. The van der Waals surface area contributed by atoms with Crippen molar-refractivity contribution in [1.82, 2.24) is 10.2 Å². The standard InChI is InChI=1S/C8H19N3/c1-7(2)11-4-3-10-8(5-9)6-11/h7-8,10H,3-6,9H2,1-2H3. The summed E-state index contributed by atoms with van der Waals surface area (Å²) in [5, 5.41) is 3.39. The molecule has 0 spiro atoms. The highest BCUT2D eigenvalue weighted by Gasteiger charge is 2.19. The zero-order chi connectivity index (χ0) is 8.27. The third kappa shape index (κ3) is 2.43. The average Bonchev–Trinajstić information content (AvgIpc) is 2.05. The van der Waals surface area contributed by atoms with E-state index >= 15 is 0 Å². The second kappa shape index (κ2) is 4.04. The average molecular weight is 157 g/mol. The molecule has 1 saturated heterocycles. The molecule has 3 nitrogen and oxygen atoms in total. The van der Waals surface area contributed by atoms with Crippen molar-refractivity contribution >= 4 is 0 Å². The smallest absolute Gasteiger partial charge is 0.0318 e. The van der Waals surface area contributed by atoms with E-state index in [4.69, 9.17) is 5.73 Å². The lowest BCUT2D eigenvalue weighted by atomic mass is 10.2. The van der Waals surface area contributed by atoms with Gasteiger partial charge in [0, 0.05) is 38.3 Å². The van der Waals surface area contributed by atoms with Crippen LogP contribution in [0.2, 0.25) is 0 Å². The molecule has 0 bridgehead atoms. The molecule has 1 atom stereocenters. The quantitative estimate of drug-likeness (QED) is 0.574. The molecule has 1 fully saturated rings. The minimum atomic E-state index is 0.506. The fraction of sp³-hybridized carbons (Fsp3) is 1.00. The monoisotopic (exact) mass is 157 g/mol. The Morgan fingerprint density at radius 3 is 2.91 bits per heavy atom. The molecule has 11 heavy (non-hydrogen) atoms. The molecule has 0 saturated carbocycles. The molecule has 1 aliphatic heterocycles. The van der Waals surface area contributed by atoms with Crippen molar-refractivity contribution in [3.63, 3.8) is 0 Å². The molecule has 0 aromatic heterocycles. The van der Waals surface area contributed by atoms with Gasteiger partial charge in [0.05, 0.1) is 0 Å². The van der Waals surface area contributed by atoms with E-state index in [0.717, 1.165) is 26.2 Å². The van der Waals surface area contributed by atoms with Gasteiger partial charge in [-0.25, -0.2) is 0 Å². The first-order valence-electron chi connectivity index (χ1n) is 4.41. The summed E-state index contributed by atoms with van der Waals surface area (Å²) in [5.41, 5.74) is 5.58. The van der Waals surface area contributed by atoms with Gasteiger partial charge >= 0.3 is 0 Å². The number of rotatable bonds is 2. The second-order valence-corrected chi connectivity index (χ2v) is 3.48. The van der Waals surface area contributed by atoms with Crippen molar-refractivity contribution in [1.29, 1.82) is 0 Å². The summed E-state index contributed by atoms with van der Waals surface area (Å²) < 4.78 is 0. The Labute approximate surface area is 68.9 Å². The van der Waals surface area contributed by atoms with Crippen LogP contribution in [-0.4, -0.2) is 43.2 Å². The summed E-state index contributed by atoms with van der Waals surface area (Å²) >= 11 is 0. The van der Waals surface area contributed by atoms with E-state index < -0.39 is 0 Å². The van der Waals surface area contributed by atoms with Crippen molar-refractivity contribution in [2.24, 2.45) is 5.73 Å². The fourth-order valence-corrected chi connectivity index (χ4v) is 1.48. The third-order valence-corrected chi connectivity index (χ3v) is 2.30. The highest BCUT2D eigenvalue weighted by atomic mass is 15.2. The molecular weight excluding hydrogens is 138 g/mol. The lowest BCUT2D eigenvalue weighted by molar-refractivity contribution is 0.164. The number of nitrogens with two attached hydrogens (primary N) is 1. The zero-order valence-electron chi connectivity index (χ0n) is 7.51. The molecule has 1 unspecified atom stereocenters. The Morgan fingerprint density at radius 1 is 1.64 bits per heavy atom. The Bertz CT molecular complexity index is 114. The molecule has 1 heterocycles. The van der Waals surface area contributed by atoms with Crippen LogP contribution in [0.25, 0.3) is 0 Å². The Hall–Kier alpha value is -0.120. The van der Waals surface area contributed by atoms with Crippen LogP contribution in [0.5, 0.6) is 0 Å². The fourth-order valence-electron chi connectivity index (χ4n) is 1.48. The lowest BCUT2D eigenvalue weighted by Gasteiger charge is -2.35. The minimum absolute atomic E-state index is 0.506. The SMILES string of the molecule is CC(C)N1CCNC(CN)C1. The number of hydrogen-bond acceptors (Lipinski definition) is 3. The van der Waals surface area contributed by atoms with Crippen molar-refractivity contribution in [3.8, 4) is 0 Å². The largest absolute Gasteiger partial charge is 0.329 e. The van der Waals surface area contributed by atoms with Crippen LogP contribution in [0.1, 0.15) is 13.8 Å². The summed E-state index contributed by atoms with van der Waals surface area (Å²) in [6, 6.07) is 1.16. The van der Waals surface area contributed by atoms with Gasteiger partial charge in [0.15, 0.2) is 0 Å². The van der Waals surface area contributed by atoms with Gasteiger partial charge in [0.25, 0.3) is 0 Å². The number of hydrogen-bond donors (Lipinski definition) is 2. The predicted octanol–water partition coefficient (Wildman–Crippen LogP) is -0.373. The van der Waals surface area contributed by atoms with Crippen LogP contribution >= 0.6 is 0 Å². The first-order chi connectivity index (χ1) is 5.24. The van der Waals surface area contributed by atoms with Gasteiger partial charge < -0.3 is 11.1 Å². The number of nitrogens with one attached hydrogen (secondary N) is 1. The summed E-state index contributed by atoms with van der Waals surface area (Å²) in [4.78, 5) is 2.47. The second-order valence-electron chi connectivity index (χ2n) is 3.48. The minimum Gasteiger partial charge on any atom is -0.329 e. The molecule has 0 amide bonds. The van der Waals surface area contributed by atoms with Crippen molar-refractivity contribution < 1.29 is 0 Å². The van der Waals surface area contributed by atoms with Crippen LogP contribution in [0.3, 0.4) is 0 Å². The van der Waals surface area contributed by atoms with Gasteiger partial charge in [-0.2, -0.15) is 0 Å². The maximum atomic E-state index is 5.58. The zero-order valence-corrected chi connectivity index (χ0v) is 7.51. The Kier molecular flexibility index (Phi) is 3.30. The van der Waals surface area contributed by atoms with Crippen molar-refractivity contribution in [3.05, 3.63) is 0 Å². The maximum Gasteiger partial charge on any atom is 0.0318 e. The van der Waals surface area contributed by atoms with Crippen LogP contribution in [0.4, 0.5) is 0 Å². The highest BCUT2D eigenvalue weighted by Crippen LogP contribution is 2.02. The van der Waals surface area contributed by atoms with Crippen molar-refractivity contribution in [2.45, 2.75) is 25.9 Å². The summed E-state index contributed by atoms with van der Waals surface area (Å²) in [7, 11) is 0. The van der Waals surface area contributed by atoms with Gasteiger partial charge in [-0.15, -0.1) is 0 Å². The van der Waals surface area contributed by atoms with E-state index in [9.17, 15) is 0 Å². The lowest BCUT2D eigenvalue weighted by Crippen LogP contribution is -2.55. The number of piperazine rings is 1. The molecule has 0 aromatic rings. The summed E-state index contributed by atoms with van der Waals surface area (Å²) in [5.74, 6) is 0. The molecular formula is C8H19N3. The van der Waals surface area contributed by atoms with Crippen molar-refractivity contribution in [2.75, 3.05) is 26.2 Å². The van der Waals surface area contributed by atoms with Crippen LogP contribution in [0, 0.1) is 0 Å². The highest BCUT2D eigenvalue weighted by molar-refractivity contribution is 4.80. The van der Waals surface area contributed by atoms with E-state index in [-0.39, 0.29) is 0 Å². The van der Waals surface area contributed by atoms with Gasteiger partial charge in [-0.1, -0.05) is 0 Å². The molecule has 3 heteroatoms. The van der Waals surface area contributed by atoms with E-state index in [1.54, 1.807) is 0 Å². The summed E-state index contributed by atoms with van der Waals surface area (Å²) in [6.07, 6.45) is 0. The molecule has 1 aliphatic rings. The Morgan fingerprint density at radius 2 is 2.36 bits per heavy atom. The molecule has 1 rings (SSSR count). The van der Waals surface area contributed by atoms with E-state index in [1.165, 1.54) is 0 Å². The van der Waals surface area contributed by atoms with Gasteiger partial charge in [0.2, 0.25) is 0 Å². The molecule has 0 aliphatic carbocycles. The molecule has 3 N–H and O–H groups in total. The topological polar surface area (TPSA) is 41.3 Å². The third-order valence-electron chi connectivity index (χ3n) is 2.30. The Balaban J connectivity index is 2.33. The normalized spacial score (nSPS) is 27.8. The van der Waals surface area contributed by atoms with E-state index in [2.05, 4.69) is 24.1 Å².